The van der Waals surface area contributed by atoms with Crippen LogP contribution < -0.4 is 10.1 Å². The van der Waals surface area contributed by atoms with E-state index >= 15 is 0 Å². The number of ether oxygens (including phenoxy) is 1. The molecule has 0 aliphatic heterocycles. The molecule has 20 heavy (non-hydrogen) atoms. The molecule has 0 bridgehead atoms. The molecule has 1 amide bonds. The first-order valence-corrected chi connectivity index (χ1v) is 6.51. The number of amides is 1. The molecule has 6 heteroatoms. The first-order valence-electron chi connectivity index (χ1n) is 6.51. The van der Waals surface area contributed by atoms with Gasteiger partial charge in [-0.15, -0.1) is 0 Å². The van der Waals surface area contributed by atoms with Gasteiger partial charge in [0.1, 0.15) is 5.75 Å². The zero-order valence-electron chi connectivity index (χ0n) is 11.1. The predicted molar refractivity (Wildman–Crippen MR) is 70.9 cm³/mol. The van der Waals surface area contributed by atoms with E-state index in [4.69, 9.17) is 9.26 Å². The van der Waals surface area contributed by atoms with Gasteiger partial charge in [-0.05, 0) is 25.0 Å². The van der Waals surface area contributed by atoms with Gasteiger partial charge >= 0.3 is 0 Å². The van der Waals surface area contributed by atoms with Crippen molar-refractivity contribution in [2.24, 2.45) is 5.92 Å². The van der Waals surface area contributed by atoms with E-state index in [9.17, 15) is 4.79 Å². The highest BCUT2D eigenvalue weighted by Gasteiger charge is 2.29. The fraction of sp³-hybridized carbons (Fsp3) is 0.357. The molecule has 2 aromatic rings. The Morgan fingerprint density at radius 2 is 2.35 bits per heavy atom. The number of nitrogens with one attached hydrogen (secondary N) is 1. The van der Waals surface area contributed by atoms with Crippen molar-refractivity contribution >= 4 is 5.91 Å². The quantitative estimate of drug-likeness (QED) is 0.898. The summed E-state index contributed by atoms with van der Waals surface area (Å²) in [7, 11) is 1.61. The molecule has 1 saturated carbocycles. The molecule has 1 N–H and O–H groups in total. The normalized spacial score (nSPS) is 14.1. The monoisotopic (exact) mass is 273 g/mol. The van der Waals surface area contributed by atoms with Crippen molar-refractivity contribution in [1.29, 1.82) is 0 Å². The molecule has 0 saturated heterocycles. The van der Waals surface area contributed by atoms with Crippen molar-refractivity contribution < 1.29 is 14.1 Å². The van der Waals surface area contributed by atoms with Gasteiger partial charge in [0.25, 0.3) is 0 Å². The average molecular weight is 273 g/mol. The molecular weight excluding hydrogens is 258 g/mol. The van der Waals surface area contributed by atoms with Crippen LogP contribution in [0.25, 0.3) is 11.4 Å². The van der Waals surface area contributed by atoms with E-state index in [2.05, 4.69) is 15.5 Å². The molecule has 6 nitrogen and oxygen atoms in total. The number of hydrogen-bond donors (Lipinski definition) is 1. The van der Waals surface area contributed by atoms with Gasteiger partial charge in [-0.25, -0.2) is 0 Å². The Morgan fingerprint density at radius 3 is 3.10 bits per heavy atom. The van der Waals surface area contributed by atoms with Crippen LogP contribution in [0.5, 0.6) is 5.75 Å². The van der Waals surface area contributed by atoms with Gasteiger partial charge in [0.2, 0.25) is 17.6 Å². The molecule has 0 unspecified atom stereocenters. The Kier molecular flexibility index (Phi) is 3.37. The minimum Gasteiger partial charge on any atom is -0.497 e. The average Bonchev–Trinajstić information content (AvgIpc) is 3.23. The second-order valence-corrected chi connectivity index (χ2v) is 4.74. The summed E-state index contributed by atoms with van der Waals surface area (Å²) >= 11 is 0. The van der Waals surface area contributed by atoms with Crippen LogP contribution in [0.15, 0.2) is 28.8 Å². The van der Waals surface area contributed by atoms with E-state index in [0.29, 0.717) is 11.7 Å². The maximum absolute atomic E-state index is 11.5. The summed E-state index contributed by atoms with van der Waals surface area (Å²) in [5, 5.41) is 6.70. The highest BCUT2D eigenvalue weighted by molar-refractivity contribution is 5.80. The molecule has 0 atom stereocenters. The third-order valence-electron chi connectivity index (χ3n) is 3.16. The van der Waals surface area contributed by atoms with Crippen LogP contribution >= 0.6 is 0 Å². The maximum atomic E-state index is 11.5. The second-order valence-electron chi connectivity index (χ2n) is 4.74. The summed E-state index contributed by atoms with van der Waals surface area (Å²) < 4.78 is 10.3. The molecule has 1 aliphatic rings. The minimum atomic E-state index is 0.0612. The van der Waals surface area contributed by atoms with Crippen LogP contribution in [0.4, 0.5) is 0 Å². The van der Waals surface area contributed by atoms with Crippen molar-refractivity contribution in [3.63, 3.8) is 0 Å². The lowest BCUT2D eigenvalue weighted by molar-refractivity contribution is -0.122. The molecule has 0 radical (unpaired) electrons. The molecule has 1 aliphatic carbocycles. The number of rotatable bonds is 5. The Balaban J connectivity index is 1.67. The fourth-order valence-electron chi connectivity index (χ4n) is 1.86. The highest BCUT2D eigenvalue weighted by atomic mass is 16.5. The molecule has 1 heterocycles. The minimum absolute atomic E-state index is 0.0612. The molecule has 0 spiro atoms. The zero-order chi connectivity index (χ0) is 13.9. The van der Waals surface area contributed by atoms with E-state index in [1.54, 1.807) is 7.11 Å². The highest BCUT2D eigenvalue weighted by Crippen LogP contribution is 2.28. The Hall–Kier alpha value is -2.37. The molecular formula is C14H15N3O3. The van der Waals surface area contributed by atoms with Crippen LogP contribution in [-0.2, 0) is 11.3 Å². The van der Waals surface area contributed by atoms with E-state index in [-0.39, 0.29) is 18.4 Å². The van der Waals surface area contributed by atoms with E-state index in [1.807, 2.05) is 24.3 Å². The van der Waals surface area contributed by atoms with Gasteiger partial charge in [0.15, 0.2) is 0 Å². The largest absolute Gasteiger partial charge is 0.497 e. The van der Waals surface area contributed by atoms with Gasteiger partial charge < -0.3 is 14.6 Å². The molecule has 1 fully saturated rings. The fourth-order valence-corrected chi connectivity index (χ4v) is 1.86. The van der Waals surface area contributed by atoms with Crippen molar-refractivity contribution in [3.05, 3.63) is 30.2 Å². The number of benzene rings is 1. The lowest BCUT2D eigenvalue weighted by Crippen LogP contribution is -2.24. The number of carbonyl (C=O) groups is 1. The molecule has 104 valence electrons. The number of nitrogens with zero attached hydrogens (tertiary/aromatic N) is 2. The second kappa shape index (κ2) is 5.32. The van der Waals surface area contributed by atoms with Crippen LogP contribution in [0.2, 0.25) is 0 Å². The van der Waals surface area contributed by atoms with Gasteiger partial charge in [-0.3, -0.25) is 4.79 Å². The first-order chi connectivity index (χ1) is 9.76. The predicted octanol–water partition coefficient (Wildman–Crippen LogP) is 1.77. The van der Waals surface area contributed by atoms with Crippen molar-refractivity contribution in [2.45, 2.75) is 19.4 Å². The summed E-state index contributed by atoms with van der Waals surface area (Å²) in [6, 6.07) is 7.41. The lowest BCUT2D eigenvalue weighted by Gasteiger charge is -2.00. The van der Waals surface area contributed by atoms with Crippen LogP contribution in [-0.4, -0.2) is 23.2 Å². The summed E-state index contributed by atoms with van der Waals surface area (Å²) in [4.78, 5) is 15.8. The van der Waals surface area contributed by atoms with E-state index < -0.39 is 0 Å². The van der Waals surface area contributed by atoms with Crippen LogP contribution in [0, 0.1) is 5.92 Å². The number of hydrogen-bond acceptors (Lipinski definition) is 5. The Labute approximate surface area is 116 Å². The van der Waals surface area contributed by atoms with Crippen molar-refractivity contribution in [3.8, 4) is 17.1 Å². The third kappa shape index (κ3) is 2.79. The topological polar surface area (TPSA) is 77.3 Å². The van der Waals surface area contributed by atoms with Crippen LogP contribution in [0.3, 0.4) is 0 Å². The Morgan fingerprint density at radius 1 is 1.50 bits per heavy atom. The van der Waals surface area contributed by atoms with Crippen molar-refractivity contribution in [1.82, 2.24) is 15.5 Å². The van der Waals surface area contributed by atoms with Gasteiger partial charge in [0, 0.05) is 11.5 Å². The standard InChI is InChI=1S/C14H15N3O3/c1-19-11-4-2-3-10(7-11)13-16-12(20-17-13)8-15-14(18)9-5-6-9/h2-4,7,9H,5-6,8H2,1H3,(H,15,18). The summed E-state index contributed by atoms with van der Waals surface area (Å²) in [5.74, 6) is 1.86. The number of methoxy groups -OCH3 is 1. The number of carbonyl (C=O) groups excluding carboxylic acids is 1. The molecule has 1 aromatic carbocycles. The number of aromatic nitrogens is 2. The maximum Gasteiger partial charge on any atom is 0.246 e. The summed E-state index contributed by atoms with van der Waals surface area (Å²) in [6.07, 6.45) is 1.95. The lowest BCUT2D eigenvalue weighted by atomic mass is 10.2. The molecule has 1 aromatic heterocycles. The summed E-state index contributed by atoms with van der Waals surface area (Å²) in [6.45, 7) is 0.270. The molecule has 3 rings (SSSR count). The smallest absolute Gasteiger partial charge is 0.246 e. The van der Waals surface area contributed by atoms with Gasteiger partial charge in [-0.2, -0.15) is 4.98 Å². The van der Waals surface area contributed by atoms with Crippen LogP contribution in [0.1, 0.15) is 18.7 Å². The van der Waals surface area contributed by atoms with E-state index in [0.717, 1.165) is 24.2 Å². The first kappa shape index (κ1) is 12.7. The van der Waals surface area contributed by atoms with Gasteiger partial charge in [0.05, 0.1) is 13.7 Å². The summed E-state index contributed by atoms with van der Waals surface area (Å²) in [5.41, 5.74) is 0.813. The van der Waals surface area contributed by atoms with Crippen molar-refractivity contribution in [2.75, 3.05) is 7.11 Å². The van der Waals surface area contributed by atoms with E-state index in [1.165, 1.54) is 0 Å². The SMILES string of the molecule is COc1cccc(-c2noc(CNC(=O)C3CC3)n2)c1. The third-order valence-corrected chi connectivity index (χ3v) is 3.16. The van der Waals surface area contributed by atoms with Gasteiger partial charge in [-0.1, -0.05) is 17.3 Å². The zero-order valence-corrected chi connectivity index (χ0v) is 11.1. The Bertz CT molecular complexity index is 620.